The van der Waals surface area contributed by atoms with Gasteiger partial charge in [0.15, 0.2) is 0 Å². The Morgan fingerprint density at radius 2 is 1.89 bits per heavy atom. The third kappa shape index (κ3) is 8.81. The summed E-state index contributed by atoms with van der Waals surface area (Å²) in [7, 11) is 0. The minimum absolute atomic E-state index is 0.108. The van der Waals surface area contributed by atoms with Crippen molar-refractivity contribution in [1.29, 1.82) is 0 Å². The van der Waals surface area contributed by atoms with Crippen molar-refractivity contribution >= 4 is 12.1 Å². The van der Waals surface area contributed by atoms with Gasteiger partial charge in [-0.3, -0.25) is 4.79 Å². The summed E-state index contributed by atoms with van der Waals surface area (Å²) in [5.41, 5.74) is 5.36. The summed E-state index contributed by atoms with van der Waals surface area (Å²) in [4.78, 5) is 22.3. The minimum atomic E-state index is -0.833. The lowest BCUT2D eigenvalue weighted by atomic mass is 10.1. The maximum absolute atomic E-state index is 11.6. The third-order valence-corrected chi connectivity index (χ3v) is 2.11. The van der Waals surface area contributed by atoms with Crippen LogP contribution in [0, 0.1) is 0 Å². The number of carboxylic acids is 1. The van der Waals surface area contributed by atoms with Crippen LogP contribution in [-0.4, -0.2) is 46.8 Å². The zero-order valence-corrected chi connectivity index (χ0v) is 11.6. The van der Waals surface area contributed by atoms with E-state index < -0.39 is 11.6 Å². The van der Waals surface area contributed by atoms with E-state index in [0.717, 1.165) is 26.3 Å². The van der Waals surface area contributed by atoms with Crippen LogP contribution < -0.4 is 5.73 Å². The summed E-state index contributed by atoms with van der Waals surface area (Å²) in [6, 6.07) is 0.108. The lowest BCUT2D eigenvalue weighted by Crippen LogP contribution is -2.47. The summed E-state index contributed by atoms with van der Waals surface area (Å²) < 4.78 is 5.26. The van der Waals surface area contributed by atoms with E-state index in [1.165, 1.54) is 0 Å². The number of carboxylic acid groups (broad SMARTS) is 1. The van der Waals surface area contributed by atoms with Gasteiger partial charge in [-0.2, -0.15) is 0 Å². The molecule has 0 radical (unpaired) electrons. The van der Waals surface area contributed by atoms with Crippen molar-refractivity contribution in [3.63, 3.8) is 0 Å². The van der Waals surface area contributed by atoms with Gasteiger partial charge in [0.2, 0.25) is 0 Å². The number of nitrogens with zero attached hydrogens (tertiary/aromatic N) is 1. The Labute approximate surface area is 108 Å². The van der Waals surface area contributed by atoms with Gasteiger partial charge in [-0.1, -0.05) is 0 Å². The highest BCUT2D eigenvalue weighted by Gasteiger charge is 2.25. The van der Waals surface area contributed by atoms with Crippen LogP contribution in [0.15, 0.2) is 0 Å². The first-order valence-corrected chi connectivity index (χ1v) is 6.05. The van der Waals surface area contributed by atoms with Gasteiger partial charge in [-0.05, 0) is 33.6 Å². The van der Waals surface area contributed by atoms with E-state index in [-0.39, 0.29) is 12.1 Å². The van der Waals surface area contributed by atoms with E-state index in [4.69, 9.17) is 20.4 Å². The maximum atomic E-state index is 11.6. The van der Waals surface area contributed by atoms with E-state index in [1.807, 2.05) is 20.8 Å². The van der Waals surface area contributed by atoms with Crippen LogP contribution in [-0.2, 0) is 9.53 Å². The molecule has 1 unspecified atom stereocenters. The number of ether oxygens (including phenoxy) is 1. The van der Waals surface area contributed by atoms with E-state index in [2.05, 4.69) is 0 Å². The van der Waals surface area contributed by atoms with Gasteiger partial charge in [-0.25, -0.2) is 4.79 Å². The quantitative estimate of drug-likeness (QED) is 0.687. The molecule has 1 amide bonds. The third-order valence-electron chi connectivity index (χ3n) is 2.11. The Morgan fingerprint density at radius 1 is 1.39 bits per heavy atom. The highest BCUT2D eigenvalue weighted by Crippen LogP contribution is 2.14. The number of amides is 1. The molecule has 6 heteroatoms. The smallest absolute Gasteiger partial charge is 0.410 e. The van der Waals surface area contributed by atoms with Crippen molar-refractivity contribution in [1.82, 2.24) is 4.90 Å². The number of hydrogen-bond acceptors (Lipinski definition) is 4. The normalized spacial score (nSPS) is 19.6. The molecule has 0 saturated carbocycles. The molecule has 1 rings (SSSR count). The highest BCUT2D eigenvalue weighted by atomic mass is 16.6. The van der Waals surface area contributed by atoms with E-state index in [1.54, 1.807) is 4.90 Å². The molecular weight excluding hydrogens is 236 g/mol. The molecule has 1 atom stereocenters. The van der Waals surface area contributed by atoms with Crippen LogP contribution >= 0.6 is 0 Å². The summed E-state index contributed by atoms with van der Waals surface area (Å²) in [5, 5.41) is 7.42. The number of carbonyl (C=O) groups excluding carboxylic acids is 1. The van der Waals surface area contributed by atoms with Crippen LogP contribution in [0.25, 0.3) is 0 Å². The van der Waals surface area contributed by atoms with Gasteiger partial charge in [0.05, 0.1) is 0 Å². The van der Waals surface area contributed by atoms with Gasteiger partial charge in [0, 0.05) is 26.1 Å². The summed E-state index contributed by atoms with van der Waals surface area (Å²) >= 11 is 0. The molecule has 1 fully saturated rings. The number of carbonyl (C=O) groups is 2. The summed E-state index contributed by atoms with van der Waals surface area (Å²) in [6.45, 7) is 8.08. The molecule has 0 aromatic heterocycles. The number of aliphatic carboxylic acids is 1. The number of likely N-dealkylation sites (tertiary alicyclic amines) is 1. The van der Waals surface area contributed by atoms with Gasteiger partial charge >= 0.3 is 6.09 Å². The molecule has 0 aromatic carbocycles. The fourth-order valence-corrected chi connectivity index (χ4v) is 1.50. The molecule has 0 aromatic rings. The maximum Gasteiger partial charge on any atom is 0.410 e. The summed E-state index contributed by atoms with van der Waals surface area (Å²) in [5.74, 6) is -0.833. The number of rotatable bonds is 0. The predicted octanol–water partition coefficient (Wildman–Crippen LogP) is 1.44. The van der Waals surface area contributed by atoms with Crippen molar-refractivity contribution in [3.8, 4) is 0 Å². The first kappa shape index (κ1) is 16.7. The van der Waals surface area contributed by atoms with Gasteiger partial charge in [0.25, 0.3) is 5.97 Å². The molecule has 3 N–H and O–H groups in total. The van der Waals surface area contributed by atoms with E-state index >= 15 is 0 Å². The topological polar surface area (TPSA) is 92.9 Å². The molecule has 6 nitrogen and oxygen atoms in total. The lowest BCUT2D eigenvalue weighted by Gasteiger charge is -2.32. The second-order valence-electron chi connectivity index (χ2n) is 5.35. The van der Waals surface area contributed by atoms with E-state index in [0.29, 0.717) is 6.54 Å². The highest BCUT2D eigenvalue weighted by molar-refractivity contribution is 5.68. The zero-order valence-electron chi connectivity index (χ0n) is 11.6. The number of piperidine rings is 1. The molecule has 1 aliphatic heterocycles. The predicted molar refractivity (Wildman–Crippen MR) is 68.3 cm³/mol. The monoisotopic (exact) mass is 260 g/mol. The van der Waals surface area contributed by atoms with Crippen molar-refractivity contribution in [2.24, 2.45) is 5.73 Å². The fraction of sp³-hybridized carbons (Fsp3) is 0.833. The van der Waals surface area contributed by atoms with Crippen molar-refractivity contribution in [3.05, 3.63) is 0 Å². The van der Waals surface area contributed by atoms with Crippen molar-refractivity contribution in [2.75, 3.05) is 13.1 Å². The van der Waals surface area contributed by atoms with Gasteiger partial charge < -0.3 is 20.5 Å². The lowest BCUT2D eigenvalue weighted by molar-refractivity contribution is -0.134. The SMILES string of the molecule is CC(=O)O.CC(C)(C)OC(=O)N1CCCC(N)C1. The van der Waals surface area contributed by atoms with E-state index in [9.17, 15) is 4.79 Å². The molecule has 18 heavy (non-hydrogen) atoms. The molecule has 1 saturated heterocycles. The Morgan fingerprint density at radius 3 is 2.28 bits per heavy atom. The second kappa shape index (κ2) is 7.20. The Balaban J connectivity index is 0.000000631. The van der Waals surface area contributed by atoms with Gasteiger partial charge in [0.1, 0.15) is 5.60 Å². The Bertz CT molecular complexity index is 282. The average molecular weight is 260 g/mol. The van der Waals surface area contributed by atoms with Crippen LogP contribution in [0.4, 0.5) is 4.79 Å². The number of hydrogen-bond donors (Lipinski definition) is 2. The van der Waals surface area contributed by atoms with Crippen molar-refractivity contribution in [2.45, 2.75) is 52.2 Å². The largest absolute Gasteiger partial charge is 0.481 e. The molecule has 1 heterocycles. The molecular formula is C12H24N2O4. The average Bonchev–Trinajstić information content (AvgIpc) is 2.14. The van der Waals surface area contributed by atoms with Crippen molar-refractivity contribution < 1.29 is 19.4 Å². The van der Waals surface area contributed by atoms with Crippen LogP contribution in [0.1, 0.15) is 40.5 Å². The van der Waals surface area contributed by atoms with Gasteiger partial charge in [-0.15, -0.1) is 0 Å². The molecule has 106 valence electrons. The summed E-state index contributed by atoms with van der Waals surface area (Å²) in [6.07, 6.45) is 1.73. The molecule has 1 aliphatic rings. The fourth-order valence-electron chi connectivity index (χ4n) is 1.50. The Hall–Kier alpha value is -1.30. The standard InChI is InChI=1S/C10H20N2O2.C2H4O2/c1-10(2,3)14-9(13)12-6-4-5-8(11)7-12;1-2(3)4/h8H,4-7,11H2,1-3H3;1H3,(H,3,4). The molecule has 0 aliphatic carbocycles. The van der Waals surface area contributed by atoms with Crippen LogP contribution in [0.5, 0.6) is 0 Å². The first-order chi connectivity index (χ1) is 8.11. The first-order valence-electron chi connectivity index (χ1n) is 6.05. The molecule has 0 bridgehead atoms. The zero-order chi connectivity index (χ0) is 14.3. The Kier molecular flexibility index (Phi) is 6.68. The van der Waals surface area contributed by atoms with Crippen LogP contribution in [0.2, 0.25) is 0 Å². The minimum Gasteiger partial charge on any atom is -0.481 e. The number of nitrogens with two attached hydrogens (primary N) is 1. The van der Waals surface area contributed by atoms with Crippen LogP contribution in [0.3, 0.4) is 0 Å². The molecule has 0 spiro atoms. The second-order valence-corrected chi connectivity index (χ2v) is 5.35.